The molecule has 5 nitrogen and oxygen atoms in total. The summed E-state index contributed by atoms with van der Waals surface area (Å²) in [5.74, 6) is -0.956. The first kappa shape index (κ1) is 13.3. The molecule has 0 amide bonds. The summed E-state index contributed by atoms with van der Waals surface area (Å²) < 4.78 is 43.6. The summed E-state index contributed by atoms with van der Waals surface area (Å²) >= 11 is 0. The minimum absolute atomic E-state index is 0.187. The Kier molecular flexibility index (Phi) is 2.82. The predicted molar refractivity (Wildman–Crippen MR) is 67.6 cm³/mol. The highest BCUT2D eigenvalue weighted by Crippen LogP contribution is 2.37. The van der Waals surface area contributed by atoms with E-state index in [4.69, 9.17) is 4.42 Å². The Morgan fingerprint density at radius 2 is 1.95 bits per heavy atom. The zero-order chi connectivity index (χ0) is 15.2. The van der Waals surface area contributed by atoms with Crippen LogP contribution in [0.5, 0.6) is 0 Å². The third-order valence-corrected chi connectivity index (χ3v) is 2.94. The molecule has 1 N–H and O–H groups in total. The largest absolute Gasteiger partial charge is 0.418 e. The van der Waals surface area contributed by atoms with Gasteiger partial charge in [-0.3, -0.25) is 15.0 Å². The van der Waals surface area contributed by atoms with E-state index in [1.54, 1.807) is 6.92 Å². The van der Waals surface area contributed by atoms with E-state index >= 15 is 0 Å². The number of H-pyrrole nitrogens is 1. The molecule has 0 saturated heterocycles. The van der Waals surface area contributed by atoms with Crippen molar-refractivity contribution in [2.24, 2.45) is 0 Å². The summed E-state index contributed by atoms with van der Waals surface area (Å²) in [6.07, 6.45) is -1.71. The third-order valence-electron chi connectivity index (χ3n) is 2.94. The van der Waals surface area contributed by atoms with Crippen LogP contribution < -0.4 is 5.76 Å². The van der Waals surface area contributed by atoms with Gasteiger partial charge in [0.15, 0.2) is 5.58 Å². The smallest absolute Gasteiger partial charge is 0.407 e. The van der Waals surface area contributed by atoms with E-state index < -0.39 is 23.0 Å². The molecule has 3 rings (SSSR count). The molecule has 0 aliphatic carbocycles. The third kappa shape index (κ3) is 2.28. The summed E-state index contributed by atoms with van der Waals surface area (Å²) in [6.45, 7) is 1.73. The molecular weight excluding hydrogens is 287 g/mol. The highest BCUT2D eigenvalue weighted by atomic mass is 19.4. The van der Waals surface area contributed by atoms with Gasteiger partial charge in [-0.15, -0.1) is 0 Å². The Labute approximate surface area is 115 Å². The molecule has 1 aromatic carbocycles. The Hall–Kier alpha value is -2.64. The average molecular weight is 295 g/mol. The Morgan fingerprint density at radius 1 is 1.19 bits per heavy atom. The van der Waals surface area contributed by atoms with Gasteiger partial charge in [0.05, 0.1) is 23.1 Å². The molecule has 0 spiro atoms. The minimum atomic E-state index is -4.59. The van der Waals surface area contributed by atoms with Crippen molar-refractivity contribution >= 4 is 11.1 Å². The Balaban J connectivity index is 2.31. The van der Waals surface area contributed by atoms with E-state index in [0.717, 1.165) is 6.07 Å². The van der Waals surface area contributed by atoms with E-state index in [1.165, 1.54) is 18.5 Å². The van der Waals surface area contributed by atoms with Crippen LogP contribution >= 0.6 is 0 Å². The van der Waals surface area contributed by atoms with E-state index in [9.17, 15) is 18.0 Å². The molecule has 0 unspecified atom stereocenters. The van der Waals surface area contributed by atoms with Gasteiger partial charge >= 0.3 is 11.9 Å². The first-order valence-corrected chi connectivity index (χ1v) is 5.88. The monoisotopic (exact) mass is 295 g/mol. The number of benzene rings is 1. The fourth-order valence-corrected chi connectivity index (χ4v) is 2.00. The van der Waals surface area contributed by atoms with Crippen LogP contribution in [-0.4, -0.2) is 15.0 Å². The highest BCUT2D eigenvalue weighted by molar-refractivity contribution is 5.91. The lowest BCUT2D eigenvalue weighted by molar-refractivity contribution is -0.136. The van der Waals surface area contributed by atoms with Gasteiger partial charge in [-0.1, -0.05) is 0 Å². The number of oxazole rings is 1. The number of nitrogens with one attached hydrogen (secondary N) is 1. The van der Waals surface area contributed by atoms with Crippen molar-refractivity contribution in [1.29, 1.82) is 0 Å². The van der Waals surface area contributed by atoms with Crippen molar-refractivity contribution in [3.63, 3.8) is 0 Å². The topological polar surface area (TPSA) is 71.8 Å². The maximum atomic E-state index is 12.9. The summed E-state index contributed by atoms with van der Waals surface area (Å²) in [5, 5.41) is 0. The summed E-state index contributed by atoms with van der Waals surface area (Å²) in [6, 6.07) is 2.09. The lowest BCUT2D eigenvalue weighted by Crippen LogP contribution is -2.06. The van der Waals surface area contributed by atoms with E-state index in [-0.39, 0.29) is 11.1 Å². The summed E-state index contributed by atoms with van der Waals surface area (Å²) in [4.78, 5) is 21.5. The first-order chi connectivity index (χ1) is 9.86. The van der Waals surface area contributed by atoms with Crippen LogP contribution in [0.25, 0.3) is 22.4 Å². The molecule has 3 aromatic rings. The van der Waals surface area contributed by atoms with Crippen molar-refractivity contribution in [1.82, 2.24) is 15.0 Å². The predicted octanol–water partition coefficient (Wildman–Crippen LogP) is 2.91. The number of hydrogen-bond acceptors (Lipinski definition) is 4. The maximum absolute atomic E-state index is 12.9. The molecule has 0 atom stereocenters. The fourth-order valence-electron chi connectivity index (χ4n) is 2.00. The number of fused-ring (bicyclic) bond motifs is 1. The molecule has 0 saturated carbocycles. The second kappa shape index (κ2) is 4.44. The van der Waals surface area contributed by atoms with E-state index in [0.29, 0.717) is 11.4 Å². The van der Waals surface area contributed by atoms with Crippen LogP contribution in [-0.2, 0) is 6.18 Å². The quantitative estimate of drug-likeness (QED) is 0.749. The number of nitrogens with zero attached hydrogens (tertiary/aromatic N) is 2. The molecule has 2 aromatic heterocycles. The van der Waals surface area contributed by atoms with Crippen LogP contribution in [0.4, 0.5) is 13.2 Å². The standard InChI is InChI=1S/C13H8F3N3O2/c1-6-4-18-9(5-17-6)7-2-3-8(13(14,15)16)10-11(7)21-12(20)19-10/h2-5H,1H3,(H,19,20). The molecule has 108 valence electrons. The second-order valence-electron chi connectivity index (χ2n) is 4.42. The lowest BCUT2D eigenvalue weighted by Gasteiger charge is -2.09. The first-order valence-electron chi connectivity index (χ1n) is 5.88. The van der Waals surface area contributed by atoms with Gasteiger partial charge in [0.25, 0.3) is 0 Å². The van der Waals surface area contributed by atoms with Gasteiger partial charge < -0.3 is 4.42 Å². The number of aryl methyl sites for hydroxylation is 1. The molecule has 0 fully saturated rings. The van der Waals surface area contributed by atoms with Gasteiger partial charge in [0, 0.05) is 11.8 Å². The highest BCUT2D eigenvalue weighted by Gasteiger charge is 2.34. The van der Waals surface area contributed by atoms with Crippen molar-refractivity contribution < 1.29 is 17.6 Å². The number of hydrogen-bond donors (Lipinski definition) is 1. The zero-order valence-corrected chi connectivity index (χ0v) is 10.7. The number of aromatic amines is 1. The van der Waals surface area contributed by atoms with Crippen molar-refractivity contribution in [3.05, 3.63) is 46.3 Å². The van der Waals surface area contributed by atoms with E-state index in [2.05, 4.69) is 15.0 Å². The van der Waals surface area contributed by atoms with Gasteiger partial charge in [0.2, 0.25) is 0 Å². The number of aromatic nitrogens is 3. The average Bonchev–Trinajstić information content (AvgIpc) is 2.78. The number of rotatable bonds is 1. The van der Waals surface area contributed by atoms with Gasteiger partial charge in [-0.05, 0) is 19.1 Å². The Bertz CT molecular complexity index is 863. The lowest BCUT2D eigenvalue weighted by atomic mass is 10.1. The summed E-state index contributed by atoms with van der Waals surface area (Å²) in [7, 11) is 0. The molecule has 0 aliphatic heterocycles. The second-order valence-corrected chi connectivity index (χ2v) is 4.42. The Morgan fingerprint density at radius 3 is 2.57 bits per heavy atom. The van der Waals surface area contributed by atoms with Gasteiger partial charge in [-0.25, -0.2) is 4.79 Å². The van der Waals surface area contributed by atoms with Crippen molar-refractivity contribution in [2.45, 2.75) is 13.1 Å². The van der Waals surface area contributed by atoms with Crippen LogP contribution in [0.15, 0.2) is 33.7 Å². The maximum Gasteiger partial charge on any atom is 0.418 e. The van der Waals surface area contributed by atoms with Gasteiger partial charge in [-0.2, -0.15) is 13.2 Å². The molecule has 8 heteroatoms. The molecule has 21 heavy (non-hydrogen) atoms. The molecule has 0 radical (unpaired) electrons. The number of halogens is 3. The normalized spacial score (nSPS) is 12.0. The SMILES string of the molecule is Cc1cnc(-c2ccc(C(F)(F)F)c3[nH]c(=O)oc23)cn1. The van der Waals surface area contributed by atoms with Crippen LogP contribution in [0, 0.1) is 6.92 Å². The minimum Gasteiger partial charge on any atom is -0.407 e. The molecule has 0 aliphatic rings. The van der Waals surface area contributed by atoms with Crippen LogP contribution in [0.3, 0.4) is 0 Å². The van der Waals surface area contributed by atoms with Crippen molar-refractivity contribution in [2.75, 3.05) is 0 Å². The molecule has 2 heterocycles. The number of alkyl halides is 3. The van der Waals surface area contributed by atoms with Crippen LogP contribution in [0.2, 0.25) is 0 Å². The zero-order valence-electron chi connectivity index (χ0n) is 10.7. The van der Waals surface area contributed by atoms with E-state index in [1.807, 2.05) is 0 Å². The molecule has 0 bridgehead atoms. The van der Waals surface area contributed by atoms with Gasteiger partial charge in [0.1, 0.15) is 5.52 Å². The van der Waals surface area contributed by atoms with Crippen LogP contribution in [0.1, 0.15) is 11.3 Å². The van der Waals surface area contributed by atoms with Crippen molar-refractivity contribution in [3.8, 4) is 11.3 Å². The fraction of sp³-hybridized carbons (Fsp3) is 0.154. The summed E-state index contributed by atoms with van der Waals surface area (Å²) in [5.41, 5.74) is -0.295. The molecular formula is C13H8F3N3O2.